The van der Waals surface area contributed by atoms with Crippen LogP contribution in [0.5, 0.6) is 5.75 Å². The van der Waals surface area contributed by atoms with Crippen molar-refractivity contribution >= 4 is 41.0 Å². The summed E-state index contributed by atoms with van der Waals surface area (Å²) >= 11 is 6.17. The summed E-state index contributed by atoms with van der Waals surface area (Å²) in [5.41, 5.74) is 7.77. The number of urea groups is 1. The second-order valence-electron chi connectivity index (χ2n) is 9.03. The van der Waals surface area contributed by atoms with Gasteiger partial charge in [-0.05, 0) is 74.1 Å². The molecule has 1 heterocycles. The van der Waals surface area contributed by atoms with Crippen molar-refractivity contribution < 1.29 is 29.1 Å². The summed E-state index contributed by atoms with van der Waals surface area (Å²) in [5, 5.41) is 19.6. The van der Waals surface area contributed by atoms with Gasteiger partial charge in [0.2, 0.25) is 5.91 Å². The van der Waals surface area contributed by atoms with Crippen molar-refractivity contribution in [1.82, 2.24) is 15.5 Å². The number of aryl methyl sites for hydroxylation is 1. The Morgan fingerprint density at radius 1 is 1.26 bits per heavy atom. The van der Waals surface area contributed by atoms with Gasteiger partial charge in [0, 0.05) is 23.8 Å². The highest BCUT2D eigenvalue weighted by atomic mass is 35.5. The van der Waals surface area contributed by atoms with E-state index in [1.54, 1.807) is 44.4 Å². The minimum atomic E-state index is -1.07. The number of carbonyl (C=O) groups is 3. The summed E-state index contributed by atoms with van der Waals surface area (Å²) < 4.78 is 5.43. The SMILES string of the molecule is CCON=C1CN(C(=O)NCCCCc2ccc(C(=O)O)c(N)c2)C(=O)[C@H](Cc2cc(Cl)ccc2OC)CN1. The molecular formula is C27H34ClN5O6. The van der Waals surface area contributed by atoms with Gasteiger partial charge in [-0.15, -0.1) is 0 Å². The molecule has 0 radical (unpaired) electrons. The summed E-state index contributed by atoms with van der Waals surface area (Å²) in [7, 11) is 1.55. The van der Waals surface area contributed by atoms with Crippen LogP contribution in [0.1, 0.15) is 41.3 Å². The number of carboxylic acids is 1. The van der Waals surface area contributed by atoms with E-state index in [2.05, 4.69) is 15.8 Å². The van der Waals surface area contributed by atoms with E-state index in [-0.39, 0.29) is 30.2 Å². The zero-order valence-electron chi connectivity index (χ0n) is 22.0. The predicted octanol–water partition coefficient (Wildman–Crippen LogP) is 3.30. The Balaban J connectivity index is 1.62. The number of carboxylic acid groups (broad SMARTS) is 1. The Bertz CT molecular complexity index is 1220. The fourth-order valence-electron chi connectivity index (χ4n) is 4.25. The Labute approximate surface area is 232 Å². The van der Waals surface area contributed by atoms with Gasteiger partial charge in [0.05, 0.1) is 25.1 Å². The van der Waals surface area contributed by atoms with Crippen LogP contribution in [0.2, 0.25) is 5.02 Å². The molecular weight excluding hydrogens is 526 g/mol. The number of ether oxygens (including phenoxy) is 1. The molecule has 0 aliphatic carbocycles. The van der Waals surface area contributed by atoms with Crippen LogP contribution in [-0.4, -0.2) is 67.1 Å². The molecule has 0 unspecified atom stereocenters. The van der Waals surface area contributed by atoms with Crippen LogP contribution in [0, 0.1) is 5.92 Å². The van der Waals surface area contributed by atoms with Gasteiger partial charge in [-0.1, -0.05) is 22.8 Å². The summed E-state index contributed by atoms with van der Waals surface area (Å²) in [5.74, 6) is -1.00. The molecule has 3 amide bonds. The van der Waals surface area contributed by atoms with E-state index in [9.17, 15) is 14.4 Å². The largest absolute Gasteiger partial charge is 0.496 e. The zero-order valence-corrected chi connectivity index (χ0v) is 22.8. The number of nitrogens with zero attached hydrogens (tertiary/aromatic N) is 2. The number of unbranched alkanes of at least 4 members (excludes halogenated alkanes) is 1. The highest BCUT2D eigenvalue weighted by Gasteiger charge is 2.34. The molecule has 5 N–H and O–H groups in total. The van der Waals surface area contributed by atoms with E-state index in [4.69, 9.17) is 32.0 Å². The number of anilines is 1. The first-order chi connectivity index (χ1) is 18.7. The topological polar surface area (TPSA) is 156 Å². The van der Waals surface area contributed by atoms with Gasteiger partial charge in [-0.3, -0.25) is 9.69 Å². The first-order valence-corrected chi connectivity index (χ1v) is 13.1. The van der Waals surface area contributed by atoms with Crippen LogP contribution >= 0.6 is 11.6 Å². The monoisotopic (exact) mass is 559 g/mol. The molecule has 0 bridgehead atoms. The fraction of sp³-hybridized carbons (Fsp3) is 0.407. The van der Waals surface area contributed by atoms with Gasteiger partial charge < -0.3 is 31.0 Å². The van der Waals surface area contributed by atoms with Crippen molar-refractivity contribution in [2.75, 3.05) is 39.1 Å². The Morgan fingerprint density at radius 2 is 2.05 bits per heavy atom. The van der Waals surface area contributed by atoms with Gasteiger partial charge >= 0.3 is 12.0 Å². The number of methoxy groups -OCH3 is 1. The van der Waals surface area contributed by atoms with E-state index < -0.39 is 17.9 Å². The van der Waals surface area contributed by atoms with Crippen LogP contribution in [0.15, 0.2) is 41.6 Å². The number of aromatic carboxylic acids is 1. The van der Waals surface area contributed by atoms with E-state index in [1.807, 2.05) is 0 Å². The smallest absolute Gasteiger partial charge is 0.337 e. The fourth-order valence-corrected chi connectivity index (χ4v) is 4.44. The highest BCUT2D eigenvalue weighted by Crippen LogP contribution is 2.26. The van der Waals surface area contributed by atoms with Gasteiger partial charge in [-0.25, -0.2) is 9.59 Å². The number of nitrogens with two attached hydrogens (primary N) is 1. The maximum absolute atomic E-state index is 13.5. The van der Waals surface area contributed by atoms with Crippen LogP contribution in [-0.2, 0) is 22.5 Å². The Kier molecular flexibility index (Phi) is 10.8. The third-order valence-electron chi connectivity index (χ3n) is 6.25. The lowest BCUT2D eigenvalue weighted by atomic mass is 9.97. The average Bonchev–Trinajstić information content (AvgIpc) is 3.06. The molecule has 0 spiro atoms. The first kappa shape index (κ1) is 29.6. The quantitative estimate of drug-likeness (QED) is 0.186. The van der Waals surface area contributed by atoms with E-state index in [1.165, 1.54) is 6.07 Å². The molecule has 1 aliphatic heterocycles. The molecule has 2 aromatic rings. The second-order valence-corrected chi connectivity index (χ2v) is 9.47. The number of halogens is 1. The summed E-state index contributed by atoms with van der Waals surface area (Å²) in [6, 6.07) is 9.56. The summed E-state index contributed by atoms with van der Waals surface area (Å²) in [6.07, 6.45) is 2.36. The van der Waals surface area contributed by atoms with Crippen molar-refractivity contribution in [1.29, 1.82) is 0 Å². The van der Waals surface area contributed by atoms with Crippen molar-refractivity contribution in [3.05, 3.63) is 58.1 Å². The lowest BCUT2D eigenvalue weighted by Gasteiger charge is -2.23. The maximum Gasteiger partial charge on any atom is 0.337 e. The first-order valence-electron chi connectivity index (χ1n) is 12.7. The summed E-state index contributed by atoms with van der Waals surface area (Å²) in [4.78, 5) is 44.0. The van der Waals surface area contributed by atoms with E-state index >= 15 is 0 Å². The van der Waals surface area contributed by atoms with Gasteiger partial charge in [0.1, 0.15) is 12.4 Å². The van der Waals surface area contributed by atoms with E-state index in [0.29, 0.717) is 49.0 Å². The normalized spacial score (nSPS) is 16.4. The number of oxime groups is 1. The van der Waals surface area contributed by atoms with Crippen molar-refractivity contribution in [3.63, 3.8) is 0 Å². The van der Waals surface area contributed by atoms with Crippen LogP contribution < -0.4 is 21.1 Å². The molecule has 0 saturated carbocycles. The molecule has 2 aromatic carbocycles. The lowest BCUT2D eigenvalue weighted by Crippen LogP contribution is -2.48. The number of imide groups is 1. The lowest BCUT2D eigenvalue weighted by molar-refractivity contribution is -0.131. The molecule has 0 aromatic heterocycles. The van der Waals surface area contributed by atoms with Crippen LogP contribution in [0.4, 0.5) is 10.5 Å². The predicted molar refractivity (Wildman–Crippen MR) is 148 cm³/mol. The molecule has 39 heavy (non-hydrogen) atoms. The van der Waals surface area contributed by atoms with Crippen molar-refractivity contribution in [2.45, 2.75) is 32.6 Å². The number of hydrogen-bond donors (Lipinski definition) is 4. The van der Waals surface area contributed by atoms with Gasteiger partial charge in [-0.2, -0.15) is 0 Å². The zero-order chi connectivity index (χ0) is 28.4. The minimum absolute atomic E-state index is 0.0525. The maximum atomic E-state index is 13.5. The molecule has 1 saturated heterocycles. The number of amidine groups is 1. The molecule has 1 atom stereocenters. The van der Waals surface area contributed by atoms with Crippen molar-refractivity contribution in [3.8, 4) is 5.75 Å². The standard InChI is InChI=1S/C27H34ClN5O6/c1-3-39-32-24-16-33(25(34)19(15-31-24)13-18-14-20(28)8-10-23(18)38-2)27(37)30-11-5-4-6-17-7-9-21(26(35)36)22(29)12-17/h7-10,12,14,19H,3-6,11,13,15-16,29H2,1-2H3,(H,30,37)(H,31,32)(H,35,36)/t19-/m1/s1. The number of amides is 3. The molecule has 3 rings (SSSR count). The summed E-state index contributed by atoms with van der Waals surface area (Å²) in [6.45, 7) is 2.69. The molecule has 210 valence electrons. The number of nitrogens with one attached hydrogen (secondary N) is 2. The number of hydrogen-bond acceptors (Lipinski definition) is 7. The average molecular weight is 560 g/mol. The van der Waals surface area contributed by atoms with E-state index in [0.717, 1.165) is 22.4 Å². The third-order valence-corrected chi connectivity index (χ3v) is 6.48. The Hall–Kier alpha value is -3.99. The van der Waals surface area contributed by atoms with Crippen LogP contribution in [0.3, 0.4) is 0 Å². The Morgan fingerprint density at radius 3 is 2.74 bits per heavy atom. The second kappa shape index (κ2) is 14.2. The molecule has 1 aliphatic rings. The molecule has 1 fully saturated rings. The number of nitrogen functional groups attached to an aromatic ring is 1. The van der Waals surface area contributed by atoms with Crippen molar-refractivity contribution in [2.24, 2.45) is 11.1 Å². The van der Waals surface area contributed by atoms with Gasteiger partial charge in [0.15, 0.2) is 5.84 Å². The third kappa shape index (κ3) is 8.25. The number of rotatable bonds is 11. The van der Waals surface area contributed by atoms with Crippen LogP contribution in [0.25, 0.3) is 0 Å². The number of carbonyl (C=O) groups excluding carboxylic acids is 2. The number of benzene rings is 2. The highest BCUT2D eigenvalue weighted by molar-refractivity contribution is 6.30. The van der Waals surface area contributed by atoms with Gasteiger partial charge in [0.25, 0.3) is 0 Å². The molecule has 11 nitrogen and oxygen atoms in total. The molecule has 12 heteroatoms. The minimum Gasteiger partial charge on any atom is -0.496 e.